The fraction of sp³-hybridized carbons (Fsp3) is 0.148. The lowest BCUT2D eigenvalue weighted by atomic mass is 9.85. The number of aromatic nitrogens is 2. The Morgan fingerprint density at radius 1 is 0.818 bits per heavy atom. The summed E-state index contributed by atoms with van der Waals surface area (Å²) in [5.41, 5.74) is 3.66. The van der Waals surface area contributed by atoms with Crippen molar-refractivity contribution in [1.29, 1.82) is 0 Å². The highest BCUT2D eigenvalue weighted by Gasteiger charge is 2.35. The highest BCUT2D eigenvalue weighted by molar-refractivity contribution is 8.00. The summed E-state index contributed by atoms with van der Waals surface area (Å²) >= 11 is 1.85. The Kier molecular flexibility index (Phi) is 7.37. The lowest BCUT2D eigenvalue weighted by Gasteiger charge is -2.35. The van der Waals surface area contributed by atoms with E-state index in [-0.39, 0.29) is 10.4 Å². The van der Waals surface area contributed by atoms with E-state index in [1.807, 2.05) is 30.0 Å². The second kappa shape index (κ2) is 10.8. The SMILES string of the molecule is O=C(O)c1nccnc1NCCSC(Cc1ccccc1)(c1ccccc1)c1ccccc1. The molecule has 0 amide bonds. The third kappa shape index (κ3) is 5.41. The summed E-state index contributed by atoms with van der Waals surface area (Å²) in [6.45, 7) is 0.555. The van der Waals surface area contributed by atoms with Crippen molar-refractivity contribution in [2.45, 2.75) is 11.2 Å². The summed E-state index contributed by atoms with van der Waals surface area (Å²) < 4.78 is -0.302. The van der Waals surface area contributed by atoms with Crippen LogP contribution in [0, 0.1) is 0 Å². The Balaban J connectivity index is 1.63. The Hall–Kier alpha value is -3.64. The van der Waals surface area contributed by atoms with Crippen LogP contribution < -0.4 is 5.32 Å². The minimum absolute atomic E-state index is 0.0656. The van der Waals surface area contributed by atoms with Gasteiger partial charge in [0.2, 0.25) is 0 Å². The monoisotopic (exact) mass is 455 g/mol. The molecule has 0 aliphatic heterocycles. The highest BCUT2D eigenvalue weighted by atomic mass is 32.2. The molecule has 0 saturated heterocycles. The third-order valence-corrected chi connectivity index (χ3v) is 6.94. The van der Waals surface area contributed by atoms with E-state index in [1.165, 1.54) is 29.1 Å². The Morgan fingerprint density at radius 3 is 1.94 bits per heavy atom. The van der Waals surface area contributed by atoms with E-state index in [2.05, 4.69) is 88.1 Å². The van der Waals surface area contributed by atoms with Gasteiger partial charge in [-0.3, -0.25) is 0 Å². The van der Waals surface area contributed by atoms with Crippen molar-refractivity contribution in [2.75, 3.05) is 17.6 Å². The summed E-state index contributed by atoms with van der Waals surface area (Å²) in [4.78, 5) is 19.5. The molecule has 0 bridgehead atoms. The predicted molar refractivity (Wildman–Crippen MR) is 134 cm³/mol. The number of anilines is 1. The molecule has 5 nitrogen and oxygen atoms in total. The molecule has 2 N–H and O–H groups in total. The fourth-order valence-electron chi connectivity index (χ4n) is 3.91. The van der Waals surface area contributed by atoms with Crippen molar-refractivity contribution in [3.8, 4) is 0 Å². The molecule has 0 saturated carbocycles. The van der Waals surface area contributed by atoms with E-state index in [1.54, 1.807) is 0 Å². The molecule has 0 spiro atoms. The summed E-state index contributed by atoms with van der Waals surface area (Å²) in [7, 11) is 0. The van der Waals surface area contributed by atoms with Gasteiger partial charge in [-0.25, -0.2) is 14.8 Å². The zero-order valence-corrected chi connectivity index (χ0v) is 18.9. The van der Waals surface area contributed by atoms with Gasteiger partial charge in [-0.1, -0.05) is 91.0 Å². The summed E-state index contributed by atoms with van der Waals surface area (Å²) in [6, 6.07) is 31.6. The molecule has 1 aromatic heterocycles. The number of nitrogens with one attached hydrogen (secondary N) is 1. The lowest BCUT2D eigenvalue weighted by molar-refractivity contribution is 0.0691. The molecule has 6 heteroatoms. The van der Waals surface area contributed by atoms with Gasteiger partial charge in [0.15, 0.2) is 11.5 Å². The first-order chi connectivity index (χ1) is 16.2. The minimum atomic E-state index is -1.09. The van der Waals surface area contributed by atoms with Crippen LogP contribution in [0.5, 0.6) is 0 Å². The van der Waals surface area contributed by atoms with E-state index in [9.17, 15) is 9.90 Å². The van der Waals surface area contributed by atoms with Gasteiger partial charge < -0.3 is 10.4 Å². The smallest absolute Gasteiger partial charge is 0.358 e. The van der Waals surface area contributed by atoms with Crippen LogP contribution in [-0.2, 0) is 11.2 Å². The predicted octanol–water partition coefficient (Wildman–Crippen LogP) is 5.51. The quantitative estimate of drug-likeness (QED) is 0.307. The van der Waals surface area contributed by atoms with Gasteiger partial charge >= 0.3 is 5.97 Å². The maximum absolute atomic E-state index is 11.4. The maximum Gasteiger partial charge on any atom is 0.358 e. The van der Waals surface area contributed by atoms with Crippen molar-refractivity contribution >= 4 is 23.5 Å². The first-order valence-electron chi connectivity index (χ1n) is 10.8. The number of aromatic carboxylic acids is 1. The normalized spacial score (nSPS) is 11.2. The number of carboxylic acids is 1. The molecule has 0 radical (unpaired) electrons. The fourth-order valence-corrected chi connectivity index (χ4v) is 5.33. The average molecular weight is 456 g/mol. The van der Waals surface area contributed by atoms with Crippen LogP contribution in [0.3, 0.4) is 0 Å². The Labute approximate surface area is 197 Å². The van der Waals surface area contributed by atoms with Crippen molar-refractivity contribution in [3.63, 3.8) is 0 Å². The minimum Gasteiger partial charge on any atom is -0.476 e. The topological polar surface area (TPSA) is 75.1 Å². The molecule has 33 heavy (non-hydrogen) atoms. The van der Waals surface area contributed by atoms with Gasteiger partial charge in [-0.05, 0) is 23.1 Å². The molecule has 4 aromatic rings. The van der Waals surface area contributed by atoms with Gasteiger partial charge in [0.1, 0.15) is 0 Å². The van der Waals surface area contributed by atoms with E-state index in [4.69, 9.17) is 0 Å². The largest absolute Gasteiger partial charge is 0.476 e. The van der Waals surface area contributed by atoms with Gasteiger partial charge in [0, 0.05) is 24.7 Å². The molecule has 0 atom stereocenters. The van der Waals surface area contributed by atoms with Crippen molar-refractivity contribution in [3.05, 3.63) is 126 Å². The average Bonchev–Trinajstić information content (AvgIpc) is 2.87. The van der Waals surface area contributed by atoms with Crippen LogP contribution in [0.15, 0.2) is 103 Å². The van der Waals surface area contributed by atoms with Gasteiger partial charge in [-0.2, -0.15) is 0 Å². The number of nitrogens with zero attached hydrogens (tertiary/aromatic N) is 2. The zero-order chi connectivity index (χ0) is 22.9. The number of thioether (sulfide) groups is 1. The van der Waals surface area contributed by atoms with Crippen LogP contribution in [0.2, 0.25) is 0 Å². The standard InChI is InChI=1S/C27H25N3O2S/c31-26(32)24-25(29-17-16-28-24)30-18-19-33-27(22-12-6-2-7-13-22,23-14-8-3-9-15-23)20-21-10-4-1-5-11-21/h1-17H,18-20H2,(H,29,30)(H,31,32). The van der Waals surface area contributed by atoms with E-state index in [0.29, 0.717) is 12.4 Å². The molecule has 0 fully saturated rings. The zero-order valence-electron chi connectivity index (χ0n) is 18.1. The van der Waals surface area contributed by atoms with Gasteiger partial charge in [-0.15, -0.1) is 11.8 Å². The number of rotatable bonds is 10. The number of hydrogen-bond acceptors (Lipinski definition) is 5. The van der Waals surface area contributed by atoms with Crippen molar-refractivity contribution in [1.82, 2.24) is 9.97 Å². The van der Waals surface area contributed by atoms with E-state index >= 15 is 0 Å². The second-order valence-corrected chi connectivity index (χ2v) is 8.95. The summed E-state index contributed by atoms with van der Waals surface area (Å²) in [5, 5.41) is 12.5. The van der Waals surface area contributed by atoms with E-state index < -0.39 is 5.97 Å². The number of benzene rings is 3. The van der Waals surface area contributed by atoms with E-state index in [0.717, 1.165) is 12.2 Å². The maximum atomic E-state index is 11.4. The number of carbonyl (C=O) groups is 1. The molecule has 0 aliphatic rings. The molecule has 166 valence electrons. The van der Waals surface area contributed by atoms with Gasteiger partial charge in [0.25, 0.3) is 0 Å². The highest BCUT2D eigenvalue weighted by Crippen LogP contribution is 2.45. The second-order valence-electron chi connectivity index (χ2n) is 7.56. The number of carboxylic acid groups (broad SMARTS) is 1. The Morgan fingerprint density at radius 2 is 1.36 bits per heavy atom. The molecule has 4 rings (SSSR count). The molecule has 0 aliphatic carbocycles. The van der Waals surface area contributed by atoms with Crippen LogP contribution in [0.1, 0.15) is 27.2 Å². The van der Waals surface area contributed by atoms with Crippen LogP contribution in [0.25, 0.3) is 0 Å². The molecule has 0 unspecified atom stereocenters. The molecular weight excluding hydrogens is 430 g/mol. The lowest BCUT2D eigenvalue weighted by Crippen LogP contribution is -2.28. The van der Waals surface area contributed by atoms with Crippen molar-refractivity contribution in [2.24, 2.45) is 0 Å². The Bertz CT molecular complexity index is 1130. The molecule has 1 heterocycles. The first kappa shape index (κ1) is 22.6. The van der Waals surface area contributed by atoms with Crippen molar-refractivity contribution < 1.29 is 9.90 Å². The summed E-state index contributed by atoms with van der Waals surface area (Å²) in [5.74, 6) is -0.0596. The third-order valence-electron chi connectivity index (χ3n) is 5.42. The molecular formula is C27H25N3O2S. The molecule has 3 aromatic carbocycles. The van der Waals surface area contributed by atoms with Crippen LogP contribution >= 0.6 is 11.8 Å². The van der Waals surface area contributed by atoms with Crippen LogP contribution in [-0.4, -0.2) is 33.3 Å². The van der Waals surface area contributed by atoms with Crippen LogP contribution in [0.4, 0.5) is 5.82 Å². The first-order valence-corrected chi connectivity index (χ1v) is 11.7. The van der Waals surface area contributed by atoms with Gasteiger partial charge in [0.05, 0.1) is 4.75 Å². The summed E-state index contributed by atoms with van der Waals surface area (Å²) in [6.07, 6.45) is 3.71. The number of hydrogen-bond donors (Lipinski definition) is 2.